The molecule has 1 aromatic rings. The molecule has 0 aromatic carbocycles. The number of rotatable bonds is 3. The molecule has 0 bridgehead atoms. The highest BCUT2D eigenvalue weighted by atomic mass is 35.5. The molecule has 1 saturated heterocycles. The summed E-state index contributed by atoms with van der Waals surface area (Å²) in [7, 11) is 4.28. The Kier molecular flexibility index (Phi) is 4.40. The molecule has 0 atom stereocenters. The smallest absolute Gasteiger partial charge is 0.134 e. The van der Waals surface area contributed by atoms with E-state index < -0.39 is 0 Å². The second-order valence-corrected chi connectivity index (χ2v) is 5.68. The van der Waals surface area contributed by atoms with Gasteiger partial charge in [0.1, 0.15) is 16.8 Å². The van der Waals surface area contributed by atoms with Crippen LogP contribution in [0.4, 0.5) is 5.82 Å². The Bertz CT molecular complexity index is 380. The second kappa shape index (κ2) is 5.85. The van der Waals surface area contributed by atoms with Gasteiger partial charge < -0.3 is 9.80 Å². The SMILES string of the molecule is Cc1nc(Cl)cc(N2CCC(CN(C)C)CC2)n1. The molecule has 100 valence electrons. The minimum Gasteiger partial charge on any atom is -0.356 e. The Morgan fingerprint density at radius 3 is 2.56 bits per heavy atom. The van der Waals surface area contributed by atoms with Gasteiger partial charge in [0.25, 0.3) is 0 Å². The van der Waals surface area contributed by atoms with Gasteiger partial charge in [-0.3, -0.25) is 0 Å². The zero-order valence-corrected chi connectivity index (χ0v) is 12.1. The lowest BCUT2D eigenvalue weighted by atomic mass is 9.96. The number of hydrogen-bond acceptors (Lipinski definition) is 4. The van der Waals surface area contributed by atoms with E-state index in [1.165, 1.54) is 19.4 Å². The van der Waals surface area contributed by atoms with Crippen molar-refractivity contribution in [2.75, 3.05) is 38.6 Å². The van der Waals surface area contributed by atoms with Gasteiger partial charge in [-0.05, 0) is 39.8 Å². The number of hydrogen-bond donors (Lipinski definition) is 0. The number of aryl methyl sites for hydroxylation is 1. The molecular weight excluding hydrogens is 248 g/mol. The van der Waals surface area contributed by atoms with Crippen LogP contribution in [-0.2, 0) is 0 Å². The lowest BCUT2D eigenvalue weighted by Gasteiger charge is -2.34. The molecule has 1 aromatic heterocycles. The van der Waals surface area contributed by atoms with Crippen molar-refractivity contribution in [3.63, 3.8) is 0 Å². The van der Waals surface area contributed by atoms with Crippen molar-refractivity contribution in [3.05, 3.63) is 17.0 Å². The molecule has 5 heteroatoms. The van der Waals surface area contributed by atoms with Gasteiger partial charge in [-0.25, -0.2) is 9.97 Å². The Balaban J connectivity index is 1.96. The predicted molar refractivity (Wildman–Crippen MR) is 75.3 cm³/mol. The lowest BCUT2D eigenvalue weighted by molar-refractivity contribution is 0.284. The van der Waals surface area contributed by atoms with Crippen molar-refractivity contribution in [1.29, 1.82) is 0 Å². The van der Waals surface area contributed by atoms with Gasteiger partial charge in [0, 0.05) is 25.7 Å². The molecule has 1 aliphatic heterocycles. The van der Waals surface area contributed by atoms with E-state index in [1.54, 1.807) is 0 Å². The zero-order valence-electron chi connectivity index (χ0n) is 11.4. The van der Waals surface area contributed by atoms with Crippen LogP contribution in [0.1, 0.15) is 18.7 Å². The van der Waals surface area contributed by atoms with Crippen LogP contribution in [0.5, 0.6) is 0 Å². The molecule has 0 N–H and O–H groups in total. The van der Waals surface area contributed by atoms with E-state index in [9.17, 15) is 0 Å². The molecule has 18 heavy (non-hydrogen) atoms. The van der Waals surface area contributed by atoms with Crippen molar-refractivity contribution in [1.82, 2.24) is 14.9 Å². The third-order valence-electron chi connectivity index (χ3n) is 3.36. The fourth-order valence-corrected chi connectivity index (χ4v) is 2.76. The molecule has 0 spiro atoms. The summed E-state index contributed by atoms with van der Waals surface area (Å²) in [5, 5.41) is 0.535. The van der Waals surface area contributed by atoms with Crippen LogP contribution in [0.2, 0.25) is 5.15 Å². The van der Waals surface area contributed by atoms with E-state index in [0.717, 1.165) is 30.6 Å². The van der Waals surface area contributed by atoms with Crippen molar-refractivity contribution >= 4 is 17.4 Å². The summed E-state index contributed by atoms with van der Waals surface area (Å²) in [5.41, 5.74) is 0. The largest absolute Gasteiger partial charge is 0.356 e. The van der Waals surface area contributed by atoms with E-state index >= 15 is 0 Å². The molecule has 1 fully saturated rings. The van der Waals surface area contributed by atoms with Crippen molar-refractivity contribution in [2.45, 2.75) is 19.8 Å². The molecule has 4 nitrogen and oxygen atoms in total. The van der Waals surface area contributed by atoms with E-state index in [0.29, 0.717) is 5.15 Å². The standard InChI is InChI=1S/C13H21ClN4/c1-10-15-12(14)8-13(16-10)18-6-4-11(5-7-18)9-17(2)3/h8,11H,4-7,9H2,1-3H3. The highest BCUT2D eigenvalue weighted by Crippen LogP contribution is 2.23. The average Bonchev–Trinajstić information content (AvgIpc) is 2.27. The Labute approximate surface area is 114 Å². The van der Waals surface area contributed by atoms with Crippen LogP contribution in [0.25, 0.3) is 0 Å². The molecule has 0 saturated carbocycles. The maximum Gasteiger partial charge on any atom is 0.134 e. The average molecular weight is 269 g/mol. The summed E-state index contributed by atoms with van der Waals surface area (Å²) in [6.45, 7) is 5.18. The zero-order chi connectivity index (χ0) is 13.1. The first-order valence-corrected chi connectivity index (χ1v) is 6.83. The van der Waals surface area contributed by atoms with Gasteiger partial charge in [0.05, 0.1) is 0 Å². The van der Waals surface area contributed by atoms with E-state index in [-0.39, 0.29) is 0 Å². The first kappa shape index (κ1) is 13.6. The van der Waals surface area contributed by atoms with Crippen molar-refractivity contribution in [2.24, 2.45) is 5.92 Å². The topological polar surface area (TPSA) is 32.3 Å². The molecular formula is C13H21ClN4. The van der Waals surface area contributed by atoms with Crippen molar-refractivity contribution < 1.29 is 0 Å². The summed E-state index contributed by atoms with van der Waals surface area (Å²) < 4.78 is 0. The molecule has 2 heterocycles. The maximum atomic E-state index is 5.98. The first-order valence-electron chi connectivity index (χ1n) is 6.45. The molecule has 0 unspecified atom stereocenters. The van der Waals surface area contributed by atoms with Crippen LogP contribution in [-0.4, -0.2) is 48.6 Å². The fraction of sp³-hybridized carbons (Fsp3) is 0.692. The number of aromatic nitrogens is 2. The monoisotopic (exact) mass is 268 g/mol. The maximum absolute atomic E-state index is 5.98. The molecule has 0 aliphatic carbocycles. The van der Waals surface area contributed by atoms with Crippen LogP contribution in [0.3, 0.4) is 0 Å². The third-order valence-corrected chi connectivity index (χ3v) is 3.55. The summed E-state index contributed by atoms with van der Waals surface area (Å²) in [4.78, 5) is 13.2. The van der Waals surface area contributed by atoms with Gasteiger partial charge in [0.15, 0.2) is 0 Å². The molecule has 1 aliphatic rings. The van der Waals surface area contributed by atoms with E-state index in [4.69, 9.17) is 11.6 Å². The summed E-state index contributed by atoms with van der Waals surface area (Å²) in [6.07, 6.45) is 2.44. The van der Waals surface area contributed by atoms with Crippen LogP contribution < -0.4 is 4.90 Å². The first-order chi connectivity index (χ1) is 8.54. The number of piperidine rings is 1. The second-order valence-electron chi connectivity index (χ2n) is 5.29. The Morgan fingerprint density at radius 1 is 1.33 bits per heavy atom. The third kappa shape index (κ3) is 3.56. The quantitative estimate of drug-likeness (QED) is 0.787. The Hall–Kier alpha value is -0.870. The normalized spacial score (nSPS) is 17.5. The minimum atomic E-state index is 0.535. The van der Waals surface area contributed by atoms with Crippen LogP contribution in [0.15, 0.2) is 6.07 Å². The van der Waals surface area contributed by atoms with Crippen LogP contribution >= 0.6 is 11.6 Å². The summed E-state index contributed by atoms with van der Waals surface area (Å²) in [6, 6.07) is 1.86. The van der Waals surface area contributed by atoms with E-state index in [1.807, 2.05) is 13.0 Å². The van der Waals surface area contributed by atoms with E-state index in [2.05, 4.69) is 33.9 Å². The lowest BCUT2D eigenvalue weighted by Crippen LogP contribution is -2.37. The number of anilines is 1. The van der Waals surface area contributed by atoms with Gasteiger partial charge >= 0.3 is 0 Å². The van der Waals surface area contributed by atoms with Gasteiger partial charge in [-0.15, -0.1) is 0 Å². The predicted octanol–water partition coefficient (Wildman–Crippen LogP) is 2.22. The molecule has 0 radical (unpaired) electrons. The van der Waals surface area contributed by atoms with Crippen LogP contribution in [0, 0.1) is 12.8 Å². The molecule has 0 amide bonds. The van der Waals surface area contributed by atoms with Gasteiger partial charge in [-0.1, -0.05) is 11.6 Å². The minimum absolute atomic E-state index is 0.535. The number of halogens is 1. The van der Waals surface area contributed by atoms with Gasteiger partial charge in [0.2, 0.25) is 0 Å². The number of nitrogens with zero attached hydrogens (tertiary/aromatic N) is 4. The highest BCUT2D eigenvalue weighted by molar-refractivity contribution is 6.29. The fourth-order valence-electron chi connectivity index (χ4n) is 2.54. The summed E-state index contributed by atoms with van der Waals surface area (Å²) >= 11 is 5.98. The van der Waals surface area contributed by atoms with Gasteiger partial charge in [-0.2, -0.15) is 0 Å². The van der Waals surface area contributed by atoms with Crippen molar-refractivity contribution in [3.8, 4) is 0 Å². The highest BCUT2D eigenvalue weighted by Gasteiger charge is 2.21. The molecule has 2 rings (SSSR count). The Morgan fingerprint density at radius 2 is 2.00 bits per heavy atom. The summed E-state index contributed by atoms with van der Waals surface area (Å²) in [5.74, 6) is 2.51.